The Balaban J connectivity index is 1.32. The lowest BCUT2D eigenvalue weighted by atomic mass is 9.47. The topological polar surface area (TPSA) is 74.7 Å². The van der Waals surface area contributed by atoms with Crippen LogP contribution < -0.4 is 10.3 Å². The smallest absolute Gasteiger partial charge is 0.239 e. The Bertz CT molecular complexity index is 1870. The second-order valence-electron chi connectivity index (χ2n) is 10.5. The van der Waals surface area contributed by atoms with Crippen LogP contribution >= 0.6 is 34.5 Å². The molecule has 3 aliphatic carbocycles. The average Bonchev–Trinajstić information content (AvgIpc) is 3.52. The van der Waals surface area contributed by atoms with Crippen molar-refractivity contribution in [3.63, 3.8) is 0 Å². The molecule has 41 heavy (non-hydrogen) atoms. The van der Waals surface area contributed by atoms with Crippen molar-refractivity contribution in [1.82, 2.24) is 4.98 Å². The lowest BCUT2D eigenvalue weighted by molar-refractivity contribution is -0.122. The van der Waals surface area contributed by atoms with Crippen molar-refractivity contribution in [1.29, 1.82) is 0 Å². The lowest BCUT2D eigenvalue weighted by Gasteiger charge is -2.52. The van der Waals surface area contributed by atoms with Crippen LogP contribution in [0.3, 0.4) is 0 Å². The van der Waals surface area contributed by atoms with Gasteiger partial charge in [-0.1, -0.05) is 95.2 Å². The van der Waals surface area contributed by atoms with Gasteiger partial charge in [0.15, 0.2) is 0 Å². The molecule has 0 radical (unpaired) electrons. The number of carbonyl (C=O) groups is 2. The summed E-state index contributed by atoms with van der Waals surface area (Å²) in [6.07, 6.45) is 1.81. The number of para-hydroxylation sites is 1. The molecule has 200 valence electrons. The largest absolute Gasteiger partial charge is 0.274 e. The van der Waals surface area contributed by atoms with Crippen molar-refractivity contribution < 1.29 is 9.59 Å². The van der Waals surface area contributed by atoms with Crippen molar-refractivity contribution in [2.75, 3.05) is 10.3 Å². The number of halogens is 2. The van der Waals surface area contributed by atoms with E-state index in [-0.39, 0.29) is 22.8 Å². The van der Waals surface area contributed by atoms with E-state index in [1.54, 1.807) is 18.2 Å². The highest BCUT2D eigenvalue weighted by atomic mass is 35.5. The molecule has 4 aliphatic rings. The zero-order valence-corrected chi connectivity index (χ0v) is 23.6. The second kappa shape index (κ2) is 8.98. The summed E-state index contributed by atoms with van der Waals surface area (Å²) in [7, 11) is 0. The van der Waals surface area contributed by atoms with Crippen LogP contribution in [0, 0.1) is 11.8 Å². The van der Waals surface area contributed by atoms with Gasteiger partial charge in [-0.05, 0) is 52.6 Å². The molecule has 2 heterocycles. The summed E-state index contributed by atoms with van der Waals surface area (Å²) >= 11 is 14.2. The Morgan fingerprint density at radius 3 is 2.27 bits per heavy atom. The van der Waals surface area contributed by atoms with E-state index >= 15 is 0 Å². The standard InChI is InChI=1S/C32H20Cl2N4O2S/c33-17-13-14-24(22(34)15-17)38-29(39)27-26-18-7-1-3-9-20(18)32(28(27)30(38)40,21-10-4-2-8-19(21)26)16-35-37-31-36-23-11-5-6-12-25(23)41-31/h1-16,26-28H,(H,36,37)/b35-16-/t26?,27-,28-,32?/m0/s1. The number of aromatic nitrogens is 1. The van der Waals surface area contributed by atoms with Crippen LogP contribution in [0.5, 0.6) is 0 Å². The molecule has 9 rings (SSSR count). The molecule has 1 N–H and O–H groups in total. The number of hydrazone groups is 1. The molecule has 5 aromatic rings. The first-order valence-electron chi connectivity index (χ1n) is 13.2. The molecular weight excluding hydrogens is 575 g/mol. The molecule has 0 spiro atoms. The van der Waals surface area contributed by atoms with Gasteiger partial charge in [-0.3, -0.25) is 15.0 Å². The van der Waals surface area contributed by atoms with Gasteiger partial charge in [-0.15, -0.1) is 0 Å². The van der Waals surface area contributed by atoms with Gasteiger partial charge >= 0.3 is 0 Å². The summed E-state index contributed by atoms with van der Waals surface area (Å²) in [5.74, 6) is -2.17. The van der Waals surface area contributed by atoms with E-state index in [9.17, 15) is 9.59 Å². The Kier molecular flexibility index (Phi) is 5.42. The van der Waals surface area contributed by atoms with Crippen molar-refractivity contribution in [2.45, 2.75) is 11.3 Å². The molecule has 1 aliphatic heterocycles. The summed E-state index contributed by atoms with van der Waals surface area (Å²) in [5, 5.41) is 6.04. The quantitative estimate of drug-likeness (QED) is 0.135. The number of nitrogens with one attached hydrogen (secondary N) is 1. The van der Waals surface area contributed by atoms with Crippen LogP contribution in [-0.2, 0) is 15.0 Å². The van der Waals surface area contributed by atoms with Gasteiger partial charge in [0.25, 0.3) is 0 Å². The SMILES string of the molecule is O=C1[C@@H]2[C@@H](C(=O)N1c1ccc(Cl)cc1Cl)C1c3ccccc3C2(/C=N\Nc2nc3ccccc3s2)c2ccccc21. The third kappa shape index (κ3) is 3.37. The van der Waals surface area contributed by atoms with Gasteiger partial charge in [0.1, 0.15) is 0 Å². The molecule has 2 atom stereocenters. The maximum Gasteiger partial charge on any atom is 0.239 e. The van der Waals surface area contributed by atoms with Crippen molar-refractivity contribution in [3.05, 3.63) is 123 Å². The third-order valence-corrected chi connectivity index (χ3v) is 10.0. The molecule has 1 aromatic heterocycles. The molecule has 2 amide bonds. The minimum absolute atomic E-state index is 0.250. The third-order valence-electron chi connectivity index (χ3n) is 8.56. The van der Waals surface area contributed by atoms with E-state index in [2.05, 4.69) is 22.5 Å². The van der Waals surface area contributed by atoms with Gasteiger partial charge in [-0.2, -0.15) is 5.10 Å². The lowest BCUT2D eigenvalue weighted by Crippen LogP contribution is -2.54. The number of hydrogen-bond donors (Lipinski definition) is 1. The van der Waals surface area contributed by atoms with E-state index in [4.69, 9.17) is 28.3 Å². The average molecular weight is 596 g/mol. The number of thiazole rings is 1. The van der Waals surface area contributed by atoms with Gasteiger partial charge in [-0.25, -0.2) is 9.88 Å². The van der Waals surface area contributed by atoms with E-state index in [1.807, 2.05) is 66.9 Å². The van der Waals surface area contributed by atoms with Crippen LogP contribution in [0.25, 0.3) is 10.2 Å². The summed E-state index contributed by atoms with van der Waals surface area (Å²) in [6.45, 7) is 0. The molecule has 6 nitrogen and oxygen atoms in total. The minimum Gasteiger partial charge on any atom is -0.274 e. The predicted molar refractivity (Wildman–Crippen MR) is 163 cm³/mol. The molecule has 1 fully saturated rings. The Morgan fingerprint density at radius 1 is 0.878 bits per heavy atom. The summed E-state index contributed by atoms with van der Waals surface area (Å²) in [6, 6.07) is 28.9. The maximum absolute atomic E-state index is 14.5. The molecule has 0 unspecified atom stereocenters. The van der Waals surface area contributed by atoms with Gasteiger partial charge in [0.05, 0.1) is 38.2 Å². The number of fused-ring (bicyclic) bond motifs is 1. The van der Waals surface area contributed by atoms with Crippen LogP contribution in [0.2, 0.25) is 10.0 Å². The van der Waals surface area contributed by atoms with Gasteiger partial charge in [0, 0.05) is 17.2 Å². The molecule has 2 bridgehead atoms. The molecule has 1 saturated heterocycles. The van der Waals surface area contributed by atoms with Crippen molar-refractivity contribution >= 4 is 73.6 Å². The summed E-state index contributed by atoms with van der Waals surface area (Å²) in [5.41, 5.74) is 7.37. The number of rotatable bonds is 4. The number of amides is 2. The monoisotopic (exact) mass is 594 g/mol. The van der Waals surface area contributed by atoms with Gasteiger partial charge in [0.2, 0.25) is 16.9 Å². The van der Waals surface area contributed by atoms with Gasteiger partial charge < -0.3 is 0 Å². The number of hydrogen-bond acceptors (Lipinski definition) is 6. The van der Waals surface area contributed by atoms with E-state index in [0.717, 1.165) is 32.5 Å². The fourth-order valence-electron chi connectivity index (χ4n) is 7.06. The zero-order chi connectivity index (χ0) is 27.9. The first kappa shape index (κ1) is 24.7. The number of nitrogens with zero attached hydrogens (tertiary/aromatic N) is 3. The fraction of sp³-hybridized carbons (Fsp3) is 0.125. The number of anilines is 2. The molecular formula is C32H20Cl2N4O2S. The first-order chi connectivity index (χ1) is 20.0. The molecule has 9 heteroatoms. The number of carbonyl (C=O) groups excluding carboxylic acids is 2. The Morgan fingerprint density at radius 2 is 1.56 bits per heavy atom. The van der Waals surface area contributed by atoms with E-state index in [0.29, 0.717) is 15.8 Å². The fourth-order valence-corrected chi connectivity index (χ4v) is 8.37. The molecule has 0 saturated carbocycles. The first-order valence-corrected chi connectivity index (χ1v) is 14.7. The van der Waals surface area contributed by atoms with Crippen molar-refractivity contribution in [2.24, 2.45) is 16.9 Å². The van der Waals surface area contributed by atoms with E-state index in [1.165, 1.54) is 16.2 Å². The highest BCUT2D eigenvalue weighted by Gasteiger charge is 2.68. The van der Waals surface area contributed by atoms with Crippen LogP contribution in [-0.4, -0.2) is 23.0 Å². The number of benzene rings is 4. The van der Waals surface area contributed by atoms with Crippen molar-refractivity contribution in [3.8, 4) is 0 Å². The Hall–Kier alpha value is -4.04. The highest BCUT2D eigenvalue weighted by Crippen LogP contribution is 2.63. The number of imide groups is 1. The second-order valence-corrected chi connectivity index (χ2v) is 12.4. The summed E-state index contributed by atoms with van der Waals surface area (Å²) < 4.78 is 1.05. The zero-order valence-electron chi connectivity index (χ0n) is 21.3. The van der Waals surface area contributed by atoms with E-state index < -0.39 is 17.3 Å². The maximum atomic E-state index is 14.5. The normalized spacial score (nSPS) is 24.1. The highest BCUT2D eigenvalue weighted by molar-refractivity contribution is 7.22. The van der Waals surface area contributed by atoms with Crippen LogP contribution in [0.1, 0.15) is 28.2 Å². The predicted octanol–water partition coefficient (Wildman–Crippen LogP) is 7.25. The minimum atomic E-state index is -0.989. The molecule has 4 aromatic carbocycles. The summed E-state index contributed by atoms with van der Waals surface area (Å²) in [4.78, 5) is 34.6. The van der Waals surface area contributed by atoms with Crippen LogP contribution in [0.4, 0.5) is 10.8 Å². The Labute approximate surface area is 249 Å². The van der Waals surface area contributed by atoms with Crippen LogP contribution in [0.15, 0.2) is 96.1 Å².